The zero-order chi connectivity index (χ0) is 15.1. The Morgan fingerprint density at radius 3 is 3.00 bits per heavy atom. The van der Waals surface area contributed by atoms with Crippen molar-refractivity contribution in [3.8, 4) is 0 Å². The van der Waals surface area contributed by atoms with Gasteiger partial charge in [-0.15, -0.1) is 11.3 Å². The first kappa shape index (κ1) is 15.9. The predicted octanol–water partition coefficient (Wildman–Crippen LogP) is 2.22. The molecule has 0 radical (unpaired) electrons. The Bertz CT molecular complexity index is 544. The summed E-state index contributed by atoms with van der Waals surface area (Å²) in [6.45, 7) is 5.30. The smallest absolute Gasteiger partial charge is 0.185 e. The summed E-state index contributed by atoms with van der Waals surface area (Å²) < 4.78 is 5.03. The maximum Gasteiger partial charge on any atom is 0.185 e. The first-order valence-corrected chi connectivity index (χ1v) is 7.78. The molecule has 0 saturated heterocycles. The van der Waals surface area contributed by atoms with Crippen LogP contribution in [0.2, 0.25) is 0 Å². The van der Waals surface area contributed by atoms with E-state index in [1.54, 1.807) is 24.6 Å². The molecule has 0 spiro atoms. The summed E-state index contributed by atoms with van der Waals surface area (Å²) in [5.74, 6) is 0. The molecule has 0 aliphatic carbocycles. The van der Waals surface area contributed by atoms with Crippen LogP contribution < -0.4 is 10.2 Å². The Morgan fingerprint density at radius 1 is 1.43 bits per heavy atom. The molecule has 2 aromatic heterocycles. The normalized spacial score (nSPS) is 10.8. The molecular weight excluding hydrogens is 284 g/mol. The molecule has 21 heavy (non-hydrogen) atoms. The third-order valence-electron chi connectivity index (χ3n) is 3.12. The summed E-state index contributed by atoms with van der Waals surface area (Å²) in [4.78, 5) is 12.2. The molecule has 114 valence electrons. The van der Waals surface area contributed by atoms with Crippen molar-refractivity contribution in [1.82, 2.24) is 15.3 Å². The molecule has 1 N–H and O–H groups in total. The van der Waals surface area contributed by atoms with Crippen molar-refractivity contribution in [3.05, 3.63) is 40.7 Å². The fraction of sp³-hybridized carbons (Fsp3) is 0.467. The van der Waals surface area contributed by atoms with Gasteiger partial charge in [-0.1, -0.05) is 6.07 Å². The van der Waals surface area contributed by atoms with Crippen LogP contribution in [0.1, 0.15) is 16.1 Å². The van der Waals surface area contributed by atoms with Gasteiger partial charge in [-0.25, -0.2) is 4.98 Å². The number of nitrogens with one attached hydrogen (secondary N) is 1. The van der Waals surface area contributed by atoms with Gasteiger partial charge in [0, 0.05) is 51.1 Å². The molecule has 2 aromatic rings. The van der Waals surface area contributed by atoms with Crippen LogP contribution in [0.5, 0.6) is 0 Å². The van der Waals surface area contributed by atoms with Crippen molar-refractivity contribution in [1.29, 1.82) is 0 Å². The van der Waals surface area contributed by atoms with Gasteiger partial charge in [-0.05, 0) is 18.6 Å². The molecule has 5 nitrogen and oxygen atoms in total. The average Bonchev–Trinajstić information content (AvgIpc) is 2.86. The maximum atomic E-state index is 5.03. The quantitative estimate of drug-likeness (QED) is 0.758. The van der Waals surface area contributed by atoms with Crippen molar-refractivity contribution < 1.29 is 4.74 Å². The lowest BCUT2D eigenvalue weighted by Crippen LogP contribution is -2.18. The van der Waals surface area contributed by atoms with Crippen LogP contribution in [-0.4, -0.2) is 37.3 Å². The molecule has 0 unspecified atom stereocenters. The van der Waals surface area contributed by atoms with E-state index in [0.29, 0.717) is 0 Å². The average molecular weight is 306 g/mol. The Hall–Kier alpha value is -1.50. The minimum absolute atomic E-state index is 0.728. The lowest BCUT2D eigenvalue weighted by atomic mass is 10.3. The first-order chi connectivity index (χ1) is 10.2. The zero-order valence-electron chi connectivity index (χ0n) is 12.8. The fourth-order valence-corrected chi connectivity index (χ4v) is 2.94. The molecule has 0 aromatic carbocycles. The minimum atomic E-state index is 0.728. The van der Waals surface area contributed by atoms with E-state index in [4.69, 9.17) is 4.74 Å². The van der Waals surface area contributed by atoms with E-state index in [9.17, 15) is 0 Å². The van der Waals surface area contributed by atoms with Crippen LogP contribution in [0.4, 0.5) is 5.13 Å². The van der Waals surface area contributed by atoms with Crippen molar-refractivity contribution in [3.63, 3.8) is 0 Å². The van der Waals surface area contributed by atoms with E-state index in [1.165, 1.54) is 10.4 Å². The van der Waals surface area contributed by atoms with Gasteiger partial charge in [0.05, 0.1) is 12.3 Å². The summed E-state index contributed by atoms with van der Waals surface area (Å²) in [7, 11) is 3.78. The first-order valence-electron chi connectivity index (χ1n) is 6.96. The topological polar surface area (TPSA) is 50.3 Å². The third kappa shape index (κ3) is 4.77. The molecule has 2 heterocycles. The Morgan fingerprint density at radius 2 is 2.29 bits per heavy atom. The third-order valence-corrected chi connectivity index (χ3v) is 4.39. The number of thiazole rings is 1. The lowest BCUT2D eigenvalue weighted by molar-refractivity contribution is 0.199. The number of anilines is 1. The molecular formula is C15H22N4OS. The van der Waals surface area contributed by atoms with Crippen LogP contribution in [-0.2, 0) is 17.8 Å². The van der Waals surface area contributed by atoms with Crippen molar-refractivity contribution in [2.45, 2.75) is 20.0 Å². The standard InChI is InChI=1S/C15H22N4OS/c1-12-14(10-17-7-8-20-3)21-15(18-12)19(2)11-13-5-4-6-16-9-13/h4-6,9,17H,7-8,10-11H2,1-3H3. The van der Waals surface area contributed by atoms with Gasteiger partial charge in [-0.2, -0.15) is 0 Å². The van der Waals surface area contributed by atoms with Gasteiger partial charge >= 0.3 is 0 Å². The van der Waals surface area contributed by atoms with E-state index in [2.05, 4.69) is 40.2 Å². The van der Waals surface area contributed by atoms with Crippen LogP contribution in [0.15, 0.2) is 24.5 Å². The molecule has 0 aliphatic rings. The second-order valence-electron chi connectivity index (χ2n) is 4.89. The lowest BCUT2D eigenvalue weighted by Gasteiger charge is -2.15. The number of nitrogens with zero attached hydrogens (tertiary/aromatic N) is 3. The van der Waals surface area contributed by atoms with Gasteiger partial charge in [0.15, 0.2) is 5.13 Å². The number of pyridine rings is 1. The Balaban J connectivity index is 1.94. The van der Waals surface area contributed by atoms with E-state index < -0.39 is 0 Å². The van der Waals surface area contributed by atoms with Crippen molar-refractivity contribution in [2.75, 3.05) is 32.2 Å². The van der Waals surface area contributed by atoms with E-state index >= 15 is 0 Å². The maximum absolute atomic E-state index is 5.03. The number of hydrogen-bond acceptors (Lipinski definition) is 6. The summed E-state index contributed by atoms with van der Waals surface area (Å²) in [6, 6.07) is 4.04. The van der Waals surface area contributed by atoms with Gasteiger partial charge in [0.1, 0.15) is 0 Å². The highest BCUT2D eigenvalue weighted by Crippen LogP contribution is 2.26. The zero-order valence-corrected chi connectivity index (χ0v) is 13.6. The summed E-state index contributed by atoms with van der Waals surface area (Å²) in [6.07, 6.45) is 3.69. The Labute approximate surface area is 130 Å². The Kier molecular flexibility index (Phi) is 6.10. The highest BCUT2D eigenvalue weighted by atomic mass is 32.1. The molecule has 0 bridgehead atoms. The molecule has 0 atom stereocenters. The number of hydrogen-bond donors (Lipinski definition) is 1. The SMILES string of the molecule is COCCNCc1sc(N(C)Cc2cccnc2)nc1C. The molecule has 6 heteroatoms. The highest BCUT2D eigenvalue weighted by Gasteiger charge is 2.11. The number of aryl methyl sites for hydroxylation is 1. The second-order valence-corrected chi connectivity index (χ2v) is 5.95. The largest absolute Gasteiger partial charge is 0.383 e. The van der Waals surface area contributed by atoms with Gasteiger partial charge in [0.25, 0.3) is 0 Å². The molecule has 0 amide bonds. The van der Waals surface area contributed by atoms with Gasteiger partial charge in [-0.3, -0.25) is 4.98 Å². The van der Waals surface area contributed by atoms with E-state index in [-0.39, 0.29) is 0 Å². The predicted molar refractivity (Wildman–Crippen MR) is 86.8 cm³/mol. The summed E-state index contributed by atoms with van der Waals surface area (Å²) >= 11 is 1.74. The van der Waals surface area contributed by atoms with Crippen LogP contribution in [0.25, 0.3) is 0 Å². The number of methoxy groups -OCH3 is 1. The number of ether oxygens (including phenoxy) is 1. The highest BCUT2D eigenvalue weighted by molar-refractivity contribution is 7.15. The summed E-state index contributed by atoms with van der Waals surface area (Å²) in [5, 5.41) is 4.40. The summed E-state index contributed by atoms with van der Waals surface area (Å²) in [5.41, 5.74) is 2.28. The van der Waals surface area contributed by atoms with Crippen LogP contribution in [0, 0.1) is 6.92 Å². The number of aromatic nitrogens is 2. The number of rotatable bonds is 8. The second kappa shape index (κ2) is 8.07. The fourth-order valence-electron chi connectivity index (χ4n) is 1.95. The molecule has 0 aliphatic heterocycles. The van der Waals surface area contributed by atoms with E-state index in [1.807, 2.05) is 12.3 Å². The molecule has 2 rings (SSSR count). The molecule has 0 fully saturated rings. The van der Waals surface area contributed by atoms with Crippen LogP contribution in [0.3, 0.4) is 0 Å². The van der Waals surface area contributed by atoms with E-state index in [0.717, 1.165) is 37.1 Å². The van der Waals surface area contributed by atoms with Gasteiger partial charge < -0.3 is 15.0 Å². The van der Waals surface area contributed by atoms with Gasteiger partial charge in [0.2, 0.25) is 0 Å². The van der Waals surface area contributed by atoms with Crippen molar-refractivity contribution in [2.24, 2.45) is 0 Å². The van der Waals surface area contributed by atoms with Crippen molar-refractivity contribution >= 4 is 16.5 Å². The van der Waals surface area contributed by atoms with Crippen LogP contribution >= 0.6 is 11.3 Å². The minimum Gasteiger partial charge on any atom is -0.383 e. The molecule has 0 saturated carbocycles. The monoisotopic (exact) mass is 306 g/mol.